The van der Waals surface area contributed by atoms with Gasteiger partial charge in [-0.15, -0.1) is 10.2 Å². The molecule has 5 nitrogen and oxygen atoms in total. The van der Waals surface area contributed by atoms with E-state index in [1.54, 1.807) is 0 Å². The van der Waals surface area contributed by atoms with Crippen LogP contribution >= 0.6 is 0 Å². The third-order valence-corrected chi connectivity index (χ3v) is 2.66. The van der Waals surface area contributed by atoms with Gasteiger partial charge in [-0.2, -0.15) is 0 Å². The van der Waals surface area contributed by atoms with Crippen molar-refractivity contribution in [1.82, 2.24) is 14.8 Å². The van der Waals surface area contributed by atoms with Crippen LogP contribution in [0.15, 0.2) is 0 Å². The number of hydrogen-bond acceptors (Lipinski definition) is 4. The van der Waals surface area contributed by atoms with Crippen LogP contribution in [0.25, 0.3) is 0 Å². The van der Waals surface area contributed by atoms with Gasteiger partial charge in [-0.3, -0.25) is 0 Å². The monoisotopic (exact) mass is 210 g/mol. The van der Waals surface area contributed by atoms with E-state index in [2.05, 4.69) is 14.8 Å². The van der Waals surface area contributed by atoms with Crippen molar-refractivity contribution in [3.05, 3.63) is 11.6 Å². The summed E-state index contributed by atoms with van der Waals surface area (Å²) in [7, 11) is 0. The lowest BCUT2D eigenvalue weighted by atomic mass is 10.2. The normalized spacial score (nSPS) is 15.3. The summed E-state index contributed by atoms with van der Waals surface area (Å²) in [6.07, 6.45) is 4.41. The summed E-state index contributed by atoms with van der Waals surface area (Å²) < 4.78 is 7.67. The van der Waals surface area contributed by atoms with Crippen molar-refractivity contribution in [2.24, 2.45) is 5.73 Å². The van der Waals surface area contributed by atoms with Crippen LogP contribution in [0.1, 0.15) is 30.9 Å². The average Bonchev–Trinajstić information content (AvgIpc) is 2.68. The van der Waals surface area contributed by atoms with E-state index in [1.165, 1.54) is 12.8 Å². The SMILES string of the molecule is NCCCOCc1nnc2n1CCCC2. The number of nitrogens with two attached hydrogens (primary N) is 1. The fourth-order valence-electron chi connectivity index (χ4n) is 1.82. The first-order valence-electron chi connectivity index (χ1n) is 5.60. The molecule has 0 aliphatic carbocycles. The Morgan fingerprint density at radius 3 is 3.13 bits per heavy atom. The molecule has 0 atom stereocenters. The molecule has 0 radical (unpaired) electrons. The third kappa shape index (κ3) is 2.54. The molecule has 2 N–H and O–H groups in total. The summed E-state index contributed by atoms with van der Waals surface area (Å²) in [6.45, 7) is 2.99. The molecule has 15 heavy (non-hydrogen) atoms. The van der Waals surface area contributed by atoms with E-state index in [0.717, 1.165) is 31.0 Å². The van der Waals surface area contributed by atoms with Crippen molar-refractivity contribution < 1.29 is 4.74 Å². The number of hydrogen-bond donors (Lipinski definition) is 1. The minimum atomic E-state index is 0.562. The van der Waals surface area contributed by atoms with Crippen molar-refractivity contribution in [3.63, 3.8) is 0 Å². The Bertz CT molecular complexity index is 310. The molecule has 0 fully saturated rings. The second kappa shape index (κ2) is 5.23. The van der Waals surface area contributed by atoms with E-state index in [4.69, 9.17) is 10.5 Å². The predicted molar refractivity (Wildman–Crippen MR) is 56.3 cm³/mol. The van der Waals surface area contributed by atoms with Crippen molar-refractivity contribution in [3.8, 4) is 0 Å². The van der Waals surface area contributed by atoms with E-state index in [0.29, 0.717) is 19.8 Å². The summed E-state index contributed by atoms with van der Waals surface area (Å²) in [6, 6.07) is 0. The lowest BCUT2D eigenvalue weighted by molar-refractivity contribution is 0.111. The van der Waals surface area contributed by atoms with Crippen molar-refractivity contribution in [2.45, 2.75) is 38.8 Å². The van der Waals surface area contributed by atoms with Crippen molar-refractivity contribution in [1.29, 1.82) is 0 Å². The van der Waals surface area contributed by atoms with Crippen LogP contribution in [0.5, 0.6) is 0 Å². The minimum Gasteiger partial charge on any atom is -0.373 e. The van der Waals surface area contributed by atoms with Gasteiger partial charge in [-0.05, 0) is 25.8 Å². The van der Waals surface area contributed by atoms with Gasteiger partial charge >= 0.3 is 0 Å². The standard InChI is InChI=1S/C10H18N4O/c11-5-3-7-15-8-10-13-12-9-4-1-2-6-14(9)10/h1-8,11H2. The molecular formula is C10H18N4O. The lowest BCUT2D eigenvalue weighted by Crippen LogP contribution is -2.14. The maximum Gasteiger partial charge on any atom is 0.159 e. The quantitative estimate of drug-likeness (QED) is 0.718. The minimum absolute atomic E-state index is 0.562. The van der Waals surface area contributed by atoms with Crippen LogP contribution in [-0.4, -0.2) is 27.9 Å². The maximum atomic E-state index is 5.48. The van der Waals surface area contributed by atoms with Crippen molar-refractivity contribution in [2.75, 3.05) is 13.2 Å². The molecule has 84 valence electrons. The van der Waals surface area contributed by atoms with Gasteiger partial charge in [0.05, 0.1) is 0 Å². The Morgan fingerprint density at radius 1 is 1.33 bits per heavy atom. The molecule has 0 bridgehead atoms. The van der Waals surface area contributed by atoms with Gasteiger partial charge in [0.1, 0.15) is 12.4 Å². The molecule has 1 aliphatic rings. The van der Waals surface area contributed by atoms with Crippen LogP contribution in [0.2, 0.25) is 0 Å². The van der Waals surface area contributed by atoms with Crippen LogP contribution in [-0.2, 0) is 24.3 Å². The van der Waals surface area contributed by atoms with Gasteiger partial charge in [-0.1, -0.05) is 0 Å². The zero-order chi connectivity index (χ0) is 10.5. The maximum absolute atomic E-state index is 5.48. The van der Waals surface area contributed by atoms with Gasteiger partial charge in [0, 0.05) is 19.6 Å². The molecule has 0 spiro atoms. The fraction of sp³-hybridized carbons (Fsp3) is 0.800. The van der Waals surface area contributed by atoms with Gasteiger partial charge in [-0.25, -0.2) is 0 Å². The van der Waals surface area contributed by atoms with E-state index in [9.17, 15) is 0 Å². The number of aryl methyl sites for hydroxylation is 1. The molecule has 0 amide bonds. The first-order valence-corrected chi connectivity index (χ1v) is 5.60. The Balaban J connectivity index is 1.88. The van der Waals surface area contributed by atoms with Crippen LogP contribution in [0.4, 0.5) is 0 Å². The smallest absolute Gasteiger partial charge is 0.159 e. The number of aromatic nitrogens is 3. The van der Waals surface area contributed by atoms with Crippen molar-refractivity contribution >= 4 is 0 Å². The predicted octanol–water partition coefficient (Wildman–Crippen LogP) is 0.480. The number of ether oxygens (including phenoxy) is 1. The van der Waals surface area contributed by atoms with Crippen LogP contribution in [0.3, 0.4) is 0 Å². The fourth-order valence-corrected chi connectivity index (χ4v) is 1.82. The average molecular weight is 210 g/mol. The molecule has 1 aromatic rings. The highest BCUT2D eigenvalue weighted by Crippen LogP contribution is 2.14. The van der Waals surface area contributed by atoms with E-state index in [1.807, 2.05) is 0 Å². The van der Waals surface area contributed by atoms with Gasteiger partial charge in [0.25, 0.3) is 0 Å². The van der Waals surface area contributed by atoms with Crippen LogP contribution in [0, 0.1) is 0 Å². The topological polar surface area (TPSA) is 66.0 Å². The van der Waals surface area contributed by atoms with E-state index < -0.39 is 0 Å². The number of nitrogens with zero attached hydrogens (tertiary/aromatic N) is 3. The Hall–Kier alpha value is -0.940. The second-order valence-corrected chi connectivity index (χ2v) is 3.84. The van der Waals surface area contributed by atoms with E-state index >= 15 is 0 Å². The summed E-state index contributed by atoms with van der Waals surface area (Å²) in [5.41, 5.74) is 5.39. The zero-order valence-corrected chi connectivity index (χ0v) is 8.98. The van der Waals surface area contributed by atoms with Gasteiger partial charge in [0.15, 0.2) is 5.82 Å². The summed E-state index contributed by atoms with van der Waals surface area (Å²) in [5, 5.41) is 8.32. The van der Waals surface area contributed by atoms with Gasteiger partial charge < -0.3 is 15.0 Å². The molecule has 0 aromatic carbocycles. The summed E-state index contributed by atoms with van der Waals surface area (Å²) in [5.74, 6) is 2.07. The number of fused-ring (bicyclic) bond motifs is 1. The lowest BCUT2D eigenvalue weighted by Gasteiger charge is -2.14. The molecule has 0 unspecified atom stereocenters. The molecule has 2 rings (SSSR count). The van der Waals surface area contributed by atoms with Gasteiger partial charge in [0.2, 0.25) is 0 Å². The highest BCUT2D eigenvalue weighted by atomic mass is 16.5. The third-order valence-electron chi connectivity index (χ3n) is 2.66. The zero-order valence-electron chi connectivity index (χ0n) is 8.98. The largest absolute Gasteiger partial charge is 0.373 e. The van der Waals surface area contributed by atoms with E-state index in [-0.39, 0.29) is 0 Å². The highest BCUT2D eigenvalue weighted by molar-refractivity contribution is 4.97. The molecule has 0 saturated heterocycles. The van der Waals surface area contributed by atoms with Crippen LogP contribution < -0.4 is 5.73 Å². The summed E-state index contributed by atoms with van der Waals surface area (Å²) >= 11 is 0. The molecule has 1 aliphatic heterocycles. The molecule has 0 saturated carbocycles. The Kier molecular flexibility index (Phi) is 3.69. The molecular weight excluding hydrogens is 192 g/mol. The molecule has 2 heterocycles. The highest BCUT2D eigenvalue weighted by Gasteiger charge is 2.15. The first kappa shape index (κ1) is 10.6. The Morgan fingerprint density at radius 2 is 2.27 bits per heavy atom. The second-order valence-electron chi connectivity index (χ2n) is 3.84. The summed E-state index contributed by atoms with van der Waals surface area (Å²) in [4.78, 5) is 0. The molecule has 1 aromatic heterocycles. The number of rotatable bonds is 5. The molecule has 5 heteroatoms. The Labute approximate surface area is 89.6 Å². The first-order chi connectivity index (χ1) is 7.42.